The van der Waals surface area contributed by atoms with E-state index >= 15 is 0 Å². The number of amides is 6. The van der Waals surface area contributed by atoms with Crippen molar-refractivity contribution < 1.29 is 47.8 Å². The molecule has 2 fully saturated rings. The van der Waals surface area contributed by atoms with Crippen LogP contribution in [0.1, 0.15) is 174 Å². The number of nitrogens with one attached hydrogen (secondary N) is 5. The Balaban J connectivity index is 0.838. The van der Waals surface area contributed by atoms with Crippen LogP contribution in [0.25, 0.3) is 0 Å². The van der Waals surface area contributed by atoms with E-state index in [4.69, 9.17) is 19.2 Å². The number of carbonyl (C=O) groups is 7. The van der Waals surface area contributed by atoms with Gasteiger partial charge >= 0.3 is 12.2 Å². The third-order valence-electron chi connectivity index (χ3n) is 13.3. The predicted molar refractivity (Wildman–Crippen MR) is 290 cm³/mol. The molecule has 3 atom stereocenters. The number of unbranched alkanes of at least 4 members (excludes halogenated alkanes) is 8. The first-order valence-electron chi connectivity index (χ1n) is 26.6. The molecule has 0 spiro atoms. The third kappa shape index (κ3) is 18.2. The second-order valence-electron chi connectivity index (χ2n) is 20.3. The Morgan fingerprint density at radius 2 is 1.40 bits per heavy atom. The monoisotopic (exact) mass is 1050 g/mol. The summed E-state index contributed by atoms with van der Waals surface area (Å²) in [6.07, 6.45) is 13.4. The molecule has 6 amide bonds. The van der Waals surface area contributed by atoms with Crippen molar-refractivity contribution in [2.75, 3.05) is 36.1 Å². The fraction of sp³-hybridized carbons (Fsp3) is 0.509. The van der Waals surface area contributed by atoms with Crippen LogP contribution in [0, 0.1) is 5.92 Å². The van der Waals surface area contributed by atoms with Gasteiger partial charge in [-0.3, -0.25) is 29.3 Å². The van der Waals surface area contributed by atoms with Crippen molar-refractivity contribution in [2.45, 2.75) is 161 Å². The van der Waals surface area contributed by atoms with Crippen LogP contribution in [0.4, 0.5) is 26.7 Å². The van der Waals surface area contributed by atoms with Gasteiger partial charge in [0.05, 0.1) is 24.0 Å². The number of thiazole rings is 1. The lowest BCUT2D eigenvalue weighted by molar-refractivity contribution is -0.141. The van der Waals surface area contributed by atoms with Gasteiger partial charge in [0.25, 0.3) is 11.8 Å². The van der Waals surface area contributed by atoms with Gasteiger partial charge in [-0.2, -0.15) is 0 Å². The van der Waals surface area contributed by atoms with Crippen molar-refractivity contribution in [3.05, 3.63) is 100 Å². The van der Waals surface area contributed by atoms with Crippen molar-refractivity contribution in [2.24, 2.45) is 5.92 Å². The third-order valence-corrected chi connectivity index (χ3v) is 14.2. The Labute approximate surface area is 445 Å². The van der Waals surface area contributed by atoms with E-state index in [0.717, 1.165) is 96.3 Å². The zero-order valence-electron chi connectivity index (χ0n) is 44.1. The predicted octanol–water partition coefficient (Wildman–Crippen LogP) is 11.4. The molecule has 0 radical (unpaired) electrons. The van der Waals surface area contributed by atoms with E-state index in [9.17, 15) is 33.6 Å². The highest BCUT2D eigenvalue weighted by molar-refractivity contribution is 7.10. The molecule has 404 valence electrons. The molecule has 3 aromatic carbocycles. The summed E-state index contributed by atoms with van der Waals surface area (Å²) in [6.45, 7) is 7.86. The van der Waals surface area contributed by atoms with Crippen molar-refractivity contribution in [1.82, 2.24) is 20.5 Å². The smallest absolute Gasteiger partial charge is 0.412 e. The molecule has 1 aliphatic heterocycles. The number of alkyl carbamates (subject to hydrolysis) is 1. The highest BCUT2D eigenvalue weighted by atomic mass is 32.1. The molecule has 5 N–H and O–H groups in total. The summed E-state index contributed by atoms with van der Waals surface area (Å²) in [7, 11) is 1.42. The Kier molecular flexibility index (Phi) is 22.0. The first-order valence-corrected chi connectivity index (χ1v) is 27.5. The maximum Gasteiger partial charge on any atom is 0.412 e. The van der Waals surface area contributed by atoms with Crippen LogP contribution in [0.2, 0.25) is 0 Å². The molecular weight excluding hydrogens is 975 g/mol. The minimum absolute atomic E-state index is 0.0301. The number of aromatic nitrogens is 1. The van der Waals surface area contributed by atoms with E-state index in [1.54, 1.807) is 91.7 Å². The fourth-order valence-corrected chi connectivity index (χ4v) is 10.3. The van der Waals surface area contributed by atoms with Crippen molar-refractivity contribution in [3.8, 4) is 5.75 Å². The molecule has 1 aromatic heterocycles. The summed E-state index contributed by atoms with van der Waals surface area (Å²) >= 11 is 1.36. The molecular formula is C57H75N7O10S. The Morgan fingerprint density at radius 1 is 0.733 bits per heavy atom. The number of ether oxygens (including phenoxy) is 3. The van der Waals surface area contributed by atoms with Crippen molar-refractivity contribution in [3.63, 3.8) is 0 Å². The van der Waals surface area contributed by atoms with E-state index in [0.29, 0.717) is 70.6 Å². The molecule has 1 saturated carbocycles. The van der Waals surface area contributed by atoms with E-state index in [2.05, 4.69) is 26.6 Å². The summed E-state index contributed by atoms with van der Waals surface area (Å²) < 4.78 is 16.5. The van der Waals surface area contributed by atoms with E-state index in [1.165, 1.54) is 25.3 Å². The summed E-state index contributed by atoms with van der Waals surface area (Å²) in [6, 6.07) is 19.6. The minimum atomic E-state index is -1.07. The molecule has 75 heavy (non-hydrogen) atoms. The Hall–Kier alpha value is -6.82. The highest BCUT2D eigenvalue weighted by Gasteiger charge is 2.40. The van der Waals surface area contributed by atoms with Crippen LogP contribution in [-0.2, 0) is 23.9 Å². The van der Waals surface area contributed by atoms with Gasteiger partial charge < -0.3 is 40.4 Å². The minimum Gasteiger partial charge on any atom is -0.494 e. The molecule has 1 saturated heterocycles. The lowest BCUT2D eigenvalue weighted by Gasteiger charge is -2.35. The maximum atomic E-state index is 14.3. The number of hydrogen-bond acceptors (Lipinski definition) is 12. The van der Waals surface area contributed by atoms with Gasteiger partial charge in [0.2, 0.25) is 17.6 Å². The number of ketones is 1. The second kappa shape index (κ2) is 28.7. The van der Waals surface area contributed by atoms with Crippen LogP contribution in [-0.4, -0.2) is 89.4 Å². The van der Waals surface area contributed by atoms with Crippen LogP contribution >= 0.6 is 11.3 Å². The molecule has 2 heterocycles. The number of likely N-dealkylation sites (tertiary alicyclic amines) is 1. The van der Waals surface area contributed by atoms with Gasteiger partial charge in [0, 0.05) is 42.2 Å². The number of benzene rings is 3. The summed E-state index contributed by atoms with van der Waals surface area (Å²) in [4.78, 5) is 97.4. The number of nitrogens with zero attached hydrogens (tertiary/aromatic N) is 2. The molecule has 2 aliphatic rings. The number of carbonyl (C=O) groups excluding carboxylic acids is 7. The second-order valence-corrected chi connectivity index (χ2v) is 21.2. The number of anilines is 3. The molecule has 1 aliphatic carbocycles. The van der Waals surface area contributed by atoms with E-state index in [1.807, 2.05) is 12.1 Å². The summed E-state index contributed by atoms with van der Waals surface area (Å²) in [5.41, 5.74) is 1.96. The van der Waals surface area contributed by atoms with E-state index < -0.39 is 35.8 Å². The summed E-state index contributed by atoms with van der Waals surface area (Å²) in [5.74, 6) is -0.748. The van der Waals surface area contributed by atoms with E-state index in [-0.39, 0.29) is 35.5 Å². The Morgan fingerprint density at radius 3 is 2.08 bits per heavy atom. The average molecular weight is 1050 g/mol. The van der Waals surface area contributed by atoms with Gasteiger partial charge in [-0.15, -0.1) is 11.3 Å². The van der Waals surface area contributed by atoms with Gasteiger partial charge in [-0.1, -0.05) is 88.5 Å². The van der Waals surface area contributed by atoms with Gasteiger partial charge in [-0.05, 0) is 121 Å². The first-order chi connectivity index (χ1) is 36.1. The standard InChI is InChI=1S/C57H75N7O10S/c1-38(73-55(70)58-5)51(67)63-49(39-22-14-13-15-23-39)54(69)64-34-21-28-47(64)53-61-46(37-75-53)50(66)41-24-20-25-43(36-41)72-35-19-12-10-8-6-7-9-11-16-29-48(65)59-42-32-30-40(31-33-42)52(68)60-44-26-17-18-27-45(44)62-56(71)74-57(2,3)4/h17-18,20,24-27,30-33,36-39,47,49H,6-16,19,21-23,28-29,34-35H2,1-5H3,(H,58,70)(H,59,65)(H,60,68)(H,62,71)(H,63,67)/t38-,47-,49-/m0/s1. The zero-order chi connectivity index (χ0) is 53.7. The molecule has 4 aromatic rings. The van der Waals surface area contributed by atoms with Crippen molar-refractivity contribution >= 4 is 70.0 Å². The summed E-state index contributed by atoms with van der Waals surface area (Å²) in [5, 5.41) is 16.1. The number of hydrogen-bond donors (Lipinski definition) is 5. The number of rotatable bonds is 25. The topological polar surface area (TPSA) is 223 Å². The maximum absolute atomic E-state index is 14.3. The average Bonchev–Trinajstić information content (AvgIpc) is 4.10. The molecule has 18 heteroatoms. The van der Waals surface area contributed by atoms with Crippen molar-refractivity contribution in [1.29, 1.82) is 0 Å². The fourth-order valence-electron chi connectivity index (χ4n) is 9.33. The quantitative estimate of drug-likeness (QED) is 0.0310. The molecule has 17 nitrogen and oxygen atoms in total. The Bertz CT molecular complexity index is 2560. The highest BCUT2D eigenvalue weighted by Crippen LogP contribution is 2.37. The molecule has 0 unspecified atom stereocenters. The largest absolute Gasteiger partial charge is 0.494 e. The number of para-hydroxylation sites is 2. The lowest BCUT2D eigenvalue weighted by Crippen LogP contribution is -2.54. The van der Waals surface area contributed by atoms with Gasteiger partial charge in [0.15, 0.2) is 6.10 Å². The molecule has 0 bridgehead atoms. The van der Waals surface area contributed by atoms with Gasteiger partial charge in [-0.25, -0.2) is 14.6 Å². The van der Waals surface area contributed by atoms with Gasteiger partial charge in [0.1, 0.15) is 28.1 Å². The first kappa shape index (κ1) is 57.5. The zero-order valence-corrected chi connectivity index (χ0v) is 45.0. The van der Waals surface area contributed by atoms with Crippen LogP contribution < -0.4 is 31.3 Å². The lowest BCUT2D eigenvalue weighted by atomic mass is 9.83. The SMILES string of the molecule is CNC(=O)O[C@@H](C)C(=O)N[C@H](C(=O)N1CCC[C@H]1c1nc(C(=O)c2cccc(OCCCCCCCCCCCC(=O)Nc3ccc(C(=O)Nc4ccccc4NC(=O)OC(C)(C)C)cc3)c2)cs1)C1CCCCC1. The van der Waals surface area contributed by atoms with Crippen LogP contribution in [0.15, 0.2) is 78.2 Å². The van der Waals surface area contributed by atoms with Crippen LogP contribution in [0.3, 0.4) is 0 Å². The van der Waals surface area contributed by atoms with Crippen LogP contribution in [0.5, 0.6) is 5.75 Å². The normalized spacial score (nSPS) is 15.5. The molecule has 6 rings (SSSR count).